The second-order valence-corrected chi connectivity index (χ2v) is 6.28. The summed E-state index contributed by atoms with van der Waals surface area (Å²) in [6, 6.07) is 7.37. The normalized spacial score (nSPS) is 25.9. The highest BCUT2D eigenvalue weighted by Gasteiger charge is 2.45. The second-order valence-electron chi connectivity index (χ2n) is 5.92. The molecule has 8 heteroatoms. The summed E-state index contributed by atoms with van der Waals surface area (Å²) in [5.41, 5.74) is 0.923. The van der Waals surface area contributed by atoms with Crippen LogP contribution < -0.4 is 4.74 Å². The molecule has 126 valence electrons. The van der Waals surface area contributed by atoms with Gasteiger partial charge in [-0.15, -0.1) is 0 Å². The molecular weight excluding hydrogens is 330 g/mol. The Morgan fingerprint density at radius 3 is 2.79 bits per heavy atom. The lowest BCUT2D eigenvalue weighted by molar-refractivity contribution is -0.156. The van der Waals surface area contributed by atoms with Gasteiger partial charge >= 0.3 is 0 Å². The van der Waals surface area contributed by atoms with E-state index in [1.807, 2.05) is 35.9 Å². The Labute approximate surface area is 143 Å². The van der Waals surface area contributed by atoms with E-state index in [0.717, 1.165) is 17.1 Å². The van der Waals surface area contributed by atoms with Gasteiger partial charge < -0.3 is 18.8 Å². The van der Waals surface area contributed by atoms with Gasteiger partial charge in [0.2, 0.25) is 6.29 Å². The summed E-state index contributed by atoms with van der Waals surface area (Å²) in [7, 11) is 3.49. The summed E-state index contributed by atoms with van der Waals surface area (Å²) >= 11 is 5.53. The van der Waals surface area contributed by atoms with E-state index in [0.29, 0.717) is 17.8 Å². The molecule has 2 aliphatic heterocycles. The van der Waals surface area contributed by atoms with Gasteiger partial charge in [-0.05, 0) is 36.5 Å². The molecule has 0 N–H and O–H groups in total. The summed E-state index contributed by atoms with van der Waals surface area (Å²) in [6.45, 7) is 0.386. The number of Topliss-reactive ketones (excluding diaryl/α,β-unsaturated/α-hetero) is 1. The molecule has 3 heterocycles. The number of rotatable bonds is 3. The van der Waals surface area contributed by atoms with E-state index in [1.165, 1.54) is 0 Å². The summed E-state index contributed by atoms with van der Waals surface area (Å²) in [5, 5.41) is 4.66. The highest BCUT2D eigenvalue weighted by atomic mass is 32.1. The summed E-state index contributed by atoms with van der Waals surface area (Å²) < 4.78 is 20.3. The second kappa shape index (κ2) is 5.80. The lowest BCUT2D eigenvalue weighted by Gasteiger charge is -2.26. The third kappa shape index (κ3) is 2.38. The van der Waals surface area contributed by atoms with Crippen molar-refractivity contribution < 1.29 is 19.0 Å². The highest BCUT2D eigenvalue weighted by molar-refractivity contribution is 7.71. The van der Waals surface area contributed by atoms with Crippen molar-refractivity contribution in [3.63, 3.8) is 0 Å². The highest BCUT2D eigenvalue weighted by Crippen LogP contribution is 2.33. The monoisotopic (exact) mass is 347 g/mol. The number of hydrogen-bond acceptors (Lipinski definition) is 6. The van der Waals surface area contributed by atoms with Gasteiger partial charge in [0, 0.05) is 19.0 Å². The Bertz CT molecular complexity index is 842. The molecule has 0 radical (unpaired) electrons. The van der Waals surface area contributed by atoms with Crippen molar-refractivity contribution in [3.8, 4) is 17.1 Å². The molecule has 2 saturated heterocycles. The molecule has 2 bridgehead atoms. The van der Waals surface area contributed by atoms with Crippen molar-refractivity contribution >= 4 is 18.0 Å². The van der Waals surface area contributed by atoms with Gasteiger partial charge in [-0.1, -0.05) is 0 Å². The van der Waals surface area contributed by atoms with Crippen LogP contribution in [0.25, 0.3) is 11.4 Å². The van der Waals surface area contributed by atoms with Gasteiger partial charge in [0.25, 0.3) is 0 Å². The maximum absolute atomic E-state index is 12.0. The van der Waals surface area contributed by atoms with Gasteiger partial charge in [0.15, 0.2) is 16.4 Å². The Balaban J connectivity index is 1.73. The zero-order chi connectivity index (χ0) is 16.8. The number of aromatic nitrogens is 3. The predicted molar refractivity (Wildman–Crippen MR) is 87.3 cm³/mol. The van der Waals surface area contributed by atoms with E-state index in [2.05, 4.69) is 5.10 Å². The van der Waals surface area contributed by atoms with Gasteiger partial charge in [-0.2, -0.15) is 5.10 Å². The fourth-order valence-electron chi connectivity index (χ4n) is 3.13. The molecule has 7 nitrogen and oxygen atoms in total. The molecule has 0 spiro atoms. The number of fused-ring (bicyclic) bond motifs is 2. The standard InChI is InChI=1S/C16H17N3O4S/c1-18-14(9-3-5-10(21-2)6-4-9)17-19(16(18)24)11-7-12(20)15-22-8-13(11)23-15/h3-6,11,13,15H,7-8H2,1-2H3/t11-,13+,15+/m1/s1. The molecule has 24 heavy (non-hydrogen) atoms. The minimum absolute atomic E-state index is 0.0627. The number of ether oxygens (including phenoxy) is 3. The Morgan fingerprint density at radius 1 is 1.33 bits per heavy atom. The molecule has 0 unspecified atom stereocenters. The molecule has 2 fully saturated rings. The lowest BCUT2D eigenvalue weighted by Crippen LogP contribution is -2.37. The average Bonchev–Trinajstić information content (AvgIpc) is 3.16. The third-order valence-corrected chi connectivity index (χ3v) is 4.94. The van der Waals surface area contributed by atoms with Crippen molar-refractivity contribution in [2.45, 2.75) is 24.9 Å². The van der Waals surface area contributed by atoms with Crippen molar-refractivity contribution in [1.29, 1.82) is 0 Å². The maximum Gasteiger partial charge on any atom is 0.218 e. The molecule has 2 aliphatic rings. The quantitative estimate of drug-likeness (QED) is 0.790. The Morgan fingerprint density at radius 2 is 2.08 bits per heavy atom. The first-order valence-electron chi connectivity index (χ1n) is 7.68. The summed E-state index contributed by atoms with van der Waals surface area (Å²) in [6.07, 6.45) is -0.592. The number of ketones is 1. The third-order valence-electron chi connectivity index (χ3n) is 4.48. The van der Waals surface area contributed by atoms with Gasteiger partial charge in [0.05, 0.1) is 19.8 Å². The SMILES string of the molecule is COc1ccc(-c2nn([C@@H]3CC(=O)[C@H]4OC[C@@H]3O4)c(=S)n2C)cc1. The number of nitrogens with zero attached hydrogens (tertiary/aromatic N) is 3. The van der Waals surface area contributed by atoms with E-state index in [4.69, 9.17) is 26.4 Å². The fourth-order valence-corrected chi connectivity index (χ4v) is 3.39. The van der Waals surface area contributed by atoms with Gasteiger partial charge in [-0.25, -0.2) is 4.68 Å². The molecule has 0 amide bonds. The van der Waals surface area contributed by atoms with Crippen LogP contribution in [-0.2, 0) is 21.3 Å². The van der Waals surface area contributed by atoms with Crippen molar-refractivity contribution in [2.75, 3.05) is 13.7 Å². The van der Waals surface area contributed by atoms with E-state index in [9.17, 15) is 4.79 Å². The van der Waals surface area contributed by atoms with E-state index < -0.39 is 6.29 Å². The number of carbonyl (C=O) groups excluding carboxylic acids is 1. The van der Waals surface area contributed by atoms with E-state index >= 15 is 0 Å². The topological polar surface area (TPSA) is 67.5 Å². The molecule has 1 aromatic heterocycles. The zero-order valence-electron chi connectivity index (χ0n) is 13.3. The van der Waals surface area contributed by atoms with Crippen LogP contribution in [0.15, 0.2) is 24.3 Å². The molecular formula is C16H17N3O4S. The number of hydrogen-bond donors (Lipinski definition) is 0. The van der Waals surface area contributed by atoms with Crippen LogP contribution in [0.1, 0.15) is 12.5 Å². The molecule has 1 aromatic carbocycles. The van der Waals surface area contributed by atoms with Crippen molar-refractivity contribution in [3.05, 3.63) is 29.0 Å². The Hall–Kier alpha value is -2.03. The summed E-state index contributed by atoms with van der Waals surface area (Å²) in [5.74, 6) is 1.45. The van der Waals surface area contributed by atoms with Crippen LogP contribution in [0.2, 0.25) is 0 Å². The minimum atomic E-state index is -0.717. The predicted octanol–water partition coefficient (Wildman–Crippen LogP) is 1.88. The van der Waals surface area contributed by atoms with Crippen LogP contribution in [0.5, 0.6) is 5.75 Å². The first-order valence-corrected chi connectivity index (χ1v) is 8.09. The number of methoxy groups -OCH3 is 1. The largest absolute Gasteiger partial charge is 0.497 e. The maximum atomic E-state index is 12.0. The minimum Gasteiger partial charge on any atom is -0.497 e. The first-order chi connectivity index (χ1) is 11.6. The van der Waals surface area contributed by atoms with Crippen LogP contribution in [-0.4, -0.2) is 46.2 Å². The molecule has 3 atom stereocenters. The van der Waals surface area contributed by atoms with Crippen molar-refractivity contribution in [1.82, 2.24) is 14.3 Å². The number of benzene rings is 1. The lowest BCUT2D eigenvalue weighted by atomic mass is 10.0. The first kappa shape index (κ1) is 15.5. The smallest absolute Gasteiger partial charge is 0.218 e. The summed E-state index contributed by atoms with van der Waals surface area (Å²) in [4.78, 5) is 12.0. The van der Waals surface area contributed by atoms with Crippen LogP contribution in [0.3, 0.4) is 0 Å². The van der Waals surface area contributed by atoms with Gasteiger partial charge in [0.1, 0.15) is 11.9 Å². The van der Waals surface area contributed by atoms with E-state index in [-0.39, 0.29) is 17.9 Å². The van der Waals surface area contributed by atoms with Gasteiger partial charge in [-0.3, -0.25) is 4.79 Å². The molecule has 4 rings (SSSR count). The molecule has 0 saturated carbocycles. The fraction of sp³-hybridized carbons (Fsp3) is 0.438. The molecule has 0 aliphatic carbocycles. The van der Waals surface area contributed by atoms with Crippen LogP contribution >= 0.6 is 12.2 Å². The number of carbonyl (C=O) groups is 1. The van der Waals surface area contributed by atoms with Crippen molar-refractivity contribution in [2.24, 2.45) is 7.05 Å². The molecule has 2 aromatic rings. The average molecular weight is 347 g/mol. The zero-order valence-corrected chi connectivity index (χ0v) is 14.2. The van der Waals surface area contributed by atoms with Crippen LogP contribution in [0.4, 0.5) is 0 Å². The Kier molecular flexibility index (Phi) is 3.75. The van der Waals surface area contributed by atoms with Crippen LogP contribution in [0, 0.1) is 4.77 Å². The van der Waals surface area contributed by atoms with E-state index in [1.54, 1.807) is 11.8 Å².